The number of hydrogen-bond donors (Lipinski definition) is 1. The summed E-state index contributed by atoms with van der Waals surface area (Å²) in [5.41, 5.74) is 0.932. The first-order valence-corrected chi connectivity index (χ1v) is 9.83. The number of amides is 2. The lowest BCUT2D eigenvalue weighted by atomic mass is 9.85. The summed E-state index contributed by atoms with van der Waals surface area (Å²) in [6.07, 6.45) is 8.41. The molecule has 0 unspecified atom stereocenters. The number of nitrogens with one attached hydrogen (secondary N) is 1. The highest BCUT2D eigenvalue weighted by atomic mass is 16.2. The summed E-state index contributed by atoms with van der Waals surface area (Å²) in [6, 6.07) is 4.86. The Balaban J connectivity index is 1.35. The monoisotopic (exact) mass is 343 g/mol. The van der Waals surface area contributed by atoms with Gasteiger partial charge in [-0.1, -0.05) is 12.8 Å². The molecule has 1 N–H and O–H groups in total. The summed E-state index contributed by atoms with van der Waals surface area (Å²) in [7, 11) is 0. The molecule has 1 aromatic heterocycles. The van der Waals surface area contributed by atoms with Crippen LogP contribution in [0.3, 0.4) is 0 Å². The number of anilines is 1. The summed E-state index contributed by atoms with van der Waals surface area (Å²) in [5.74, 6) is 1.66. The van der Waals surface area contributed by atoms with Crippen LogP contribution in [0.4, 0.5) is 10.6 Å². The molecule has 1 saturated carbocycles. The molecular formula is C19H29N5O. The third-order valence-corrected chi connectivity index (χ3v) is 6.13. The molecule has 4 rings (SSSR count). The number of nitrogens with zero attached hydrogens (tertiary/aromatic N) is 4. The van der Waals surface area contributed by atoms with Gasteiger partial charge >= 0.3 is 6.03 Å². The van der Waals surface area contributed by atoms with Gasteiger partial charge in [-0.3, -0.25) is 0 Å². The van der Waals surface area contributed by atoms with Crippen molar-refractivity contribution >= 4 is 11.8 Å². The fraction of sp³-hybridized carbons (Fsp3) is 0.737. The highest BCUT2D eigenvalue weighted by Crippen LogP contribution is 2.36. The van der Waals surface area contributed by atoms with E-state index in [1.807, 2.05) is 19.1 Å². The second-order valence-corrected chi connectivity index (χ2v) is 7.86. The summed E-state index contributed by atoms with van der Waals surface area (Å²) in [6.45, 7) is 4.69. The van der Waals surface area contributed by atoms with Crippen LogP contribution >= 0.6 is 0 Å². The predicted molar refractivity (Wildman–Crippen MR) is 97.6 cm³/mol. The van der Waals surface area contributed by atoms with Gasteiger partial charge in [0.25, 0.3) is 0 Å². The first kappa shape index (κ1) is 16.6. The van der Waals surface area contributed by atoms with E-state index in [4.69, 9.17) is 0 Å². The van der Waals surface area contributed by atoms with Crippen molar-refractivity contribution in [3.05, 3.63) is 17.8 Å². The Labute approximate surface area is 150 Å². The van der Waals surface area contributed by atoms with E-state index in [-0.39, 0.29) is 12.1 Å². The topological polar surface area (TPSA) is 61.4 Å². The summed E-state index contributed by atoms with van der Waals surface area (Å²) >= 11 is 0. The Morgan fingerprint density at radius 3 is 2.80 bits per heavy atom. The fourth-order valence-electron chi connectivity index (χ4n) is 4.78. The largest absolute Gasteiger partial charge is 0.353 e. The second kappa shape index (κ2) is 7.18. The van der Waals surface area contributed by atoms with E-state index in [1.165, 1.54) is 32.1 Å². The van der Waals surface area contributed by atoms with Gasteiger partial charge in [0.2, 0.25) is 0 Å². The van der Waals surface area contributed by atoms with Gasteiger partial charge in [-0.25, -0.2) is 4.79 Å². The molecule has 1 aliphatic carbocycles. The fourth-order valence-corrected chi connectivity index (χ4v) is 4.78. The van der Waals surface area contributed by atoms with E-state index in [0.717, 1.165) is 49.9 Å². The van der Waals surface area contributed by atoms with Crippen LogP contribution in [0, 0.1) is 12.8 Å². The van der Waals surface area contributed by atoms with Crippen molar-refractivity contribution < 1.29 is 4.79 Å². The quantitative estimate of drug-likeness (QED) is 0.897. The zero-order valence-electron chi connectivity index (χ0n) is 15.2. The van der Waals surface area contributed by atoms with Crippen molar-refractivity contribution in [1.29, 1.82) is 0 Å². The lowest BCUT2D eigenvalue weighted by Gasteiger charge is -2.36. The number of aromatic nitrogens is 2. The van der Waals surface area contributed by atoms with Gasteiger partial charge in [-0.05, 0) is 57.1 Å². The number of carbonyl (C=O) groups is 1. The van der Waals surface area contributed by atoms with Crippen LogP contribution < -0.4 is 10.2 Å². The molecule has 3 heterocycles. The molecule has 3 aliphatic rings. The van der Waals surface area contributed by atoms with Crippen LogP contribution in [0.15, 0.2) is 12.1 Å². The van der Waals surface area contributed by atoms with Crippen molar-refractivity contribution in [3.8, 4) is 0 Å². The standard InChI is InChI=1S/C19H29N5O/c1-14-8-9-18(22-21-14)23-11-4-6-16(13-23)20-19(25)24-12-10-15-5-2-3-7-17(15)24/h8-9,15-17H,2-7,10-13H2,1H3,(H,20,25)/t15-,16+,17-/m1/s1. The maximum Gasteiger partial charge on any atom is 0.317 e. The average molecular weight is 343 g/mol. The minimum absolute atomic E-state index is 0.149. The van der Waals surface area contributed by atoms with Gasteiger partial charge in [-0.15, -0.1) is 5.10 Å². The van der Waals surface area contributed by atoms with Gasteiger partial charge in [0.15, 0.2) is 5.82 Å². The summed E-state index contributed by atoms with van der Waals surface area (Å²) in [5, 5.41) is 11.8. The molecule has 0 spiro atoms. The second-order valence-electron chi connectivity index (χ2n) is 7.86. The summed E-state index contributed by atoms with van der Waals surface area (Å²) < 4.78 is 0. The van der Waals surface area contributed by atoms with E-state index < -0.39 is 0 Å². The lowest BCUT2D eigenvalue weighted by molar-refractivity contribution is 0.165. The molecule has 6 heteroatoms. The van der Waals surface area contributed by atoms with Crippen LogP contribution in [0.5, 0.6) is 0 Å². The Morgan fingerprint density at radius 1 is 1.08 bits per heavy atom. The third-order valence-electron chi connectivity index (χ3n) is 6.13. The van der Waals surface area contributed by atoms with E-state index in [9.17, 15) is 4.79 Å². The molecule has 1 aromatic rings. The Morgan fingerprint density at radius 2 is 1.96 bits per heavy atom. The average Bonchev–Trinajstić information content (AvgIpc) is 3.07. The number of piperidine rings is 1. The van der Waals surface area contributed by atoms with Crippen molar-refractivity contribution in [1.82, 2.24) is 20.4 Å². The molecule has 6 nitrogen and oxygen atoms in total. The molecule has 2 amide bonds. The molecule has 0 bridgehead atoms. The minimum Gasteiger partial charge on any atom is -0.353 e. The number of urea groups is 1. The zero-order valence-corrected chi connectivity index (χ0v) is 15.2. The van der Waals surface area contributed by atoms with Crippen molar-refractivity contribution in [2.75, 3.05) is 24.5 Å². The number of likely N-dealkylation sites (tertiary alicyclic amines) is 1. The summed E-state index contributed by atoms with van der Waals surface area (Å²) in [4.78, 5) is 17.2. The van der Waals surface area contributed by atoms with Gasteiger partial charge in [0.1, 0.15) is 0 Å². The van der Waals surface area contributed by atoms with Crippen LogP contribution in [0.1, 0.15) is 50.6 Å². The van der Waals surface area contributed by atoms with Gasteiger partial charge in [0, 0.05) is 31.7 Å². The van der Waals surface area contributed by atoms with Crippen molar-refractivity contribution in [3.63, 3.8) is 0 Å². The number of fused-ring (bicyclic) bond motifs is 1. The van der Waals surface area contributed by atoms with E-state index in [2.05, 4.69) is 25.3 Å². The van der Waals surface area contributed by atoms with Crippen LogP contribution in [-0.2, 0) is 0 Å². The zero-order chi connectivity index (χ0) is 17.2. The van der Waals surface area contributed by atoms with Crippen LogP contribution in [0.2, 0.25) is 0 Å². The number of rotatable bonds is 2. The third kappa shape index (κ3) is 3.58. The SMILES string of the molecule is Cc1ccc(N2CCC[C@H](NC(=O)N3CC[C@H]4CCCC[C@H]43)C2)nn1. The van der Waals surface area contributed by atoms with E-state index in [0.29, 0.717) is 6.04 Å². The highest BCUT2D eigenvalue weighted by Gasteiger charge is 2.38. The van der Waals surface area contributed by atoms with Crippen LogP contribution in [-0.4, -0.2) is 52.8 Å². The predicted octanol–water partition coefficient (Wildman–Crippen LogP) is 2.73. The lowest BCUT2D eigenvalue weighted by Crippen LogP contribution is -2.53. The molecule has 3 fully saturated rings. The smallest absolute Gasteiger partial charge is 0.317 e. The molecule has 0 radical (unpaired) electrons. The number of carbonyl (C=O) groups excluding carboxylic acids is 1. The number of hydrogen-bond acceptors (Lipinski definition) is 4. The highest BCUT2D eigenvalue weighted by molar-refractivity contribution is 5.75. The minimum atomic E-state index is 0.149. The van der Waals surface area contributed by atoms with Gasteiger partial charge in [0.05, 0.1) is 5.69 Å². The van der Waals surface area contributed by atoms with Crippen molar-refractivity contribution in [2.45, 2.75) is 64.0 Å². The molecule has 3 atom stereocenters. The number of aryl methyl sites for hydroxylation is 1. The van der Waals surface area contributed by atoms with Crippen molar-refractivity contribution in [2.24, 2.45) is 5.92 Å². The molecule has 2 saturated heterocycles. The molecule has 25 heavy (non-hydrogen) atoms. The molecular weight excluding hydrogens is 314 g/mol. The van der Waals surface area contributed by atoms with E-state index >= 15 is 0 Å². The Hall–Kier alpha value is -1.85. The molecule has 0 aromatic carbocycles. The van der Waals surface area contributed by atoms with Crippen LogP contribution in [0.25, 0.3) is 0 Å². The van der Waals surface area contributed by atoms with E-state index in [1.54, 1.807) is 0 Å². The van der Waals surface area contributed by atoms with Gasteiger partial charge in [-0.2, -0.15) is 5.10 Å². The molecule has 136 valence electrons. The Bertz CT molecular complexity index is 604. The first-order valence-electron chi connectivity index (χ1n) is 9.83. The first-order chi connectivity index (χ1) is 12.2. The Kier molecular flexibility index (Phi) is 4.77. The molecule has 2 aliphatic heterocycles. The van der Waals surface area contributed by atoms with Gasteiger partial charge < -0.3 is 15.1 Å². The maximum atomic E-state index is 12.8. The normalized spacial score (nSPS) is 29.4. The maximum absolute atomic E-state index is 12.8.